The van der Waals surface area contributed by atoms with Gasteiger partial charge in [0.1, 0.15) is 0 Å². The van der Waals surface area contributed by atoms with E-state index in [1.807, 2.05) is 25.1 Å². The van der Waals surface area contributed by atoms with Gasteiger partial charge in [-0.2, -0.15) is 0 Å². The van der Waals surface area contributed by atoms with Crippen LogP contribution in [0.3, 0.4) is 0 Å². The fourth-order valence-corrected chi connectivity index (χ4v) is 3.25. The van der Waals surface area contributed by atoms with Crippen molar-refractivity contribution in [3.63, 3.8) is 0 Å². The van der Waals surface area contributed by atoms with E-state index >= 15 is 0 Å². The molecule has 1 aromatic rings. The van der Waals surface area contributed by atoms with Gasteiger partial charge >= 0.3 is 0 Å². The number of aryl methyl sites for hydroxylation is 1. The zero-order chi connectivity index (χ0) is 17.5. The van der Waals surface area contributed by atoms with E-state index in [1.165, 1.54) is 12.8 Å². The van der Waals surface area contributed by atoms with E-state index in [-0.39, 0.29) is 30.8 Å². The third-order valence-electron chi connectivity index (χ3n) is 4.53. The van der Waals surface area contributed by atoms with E-state index < -0.39 is 0 Å². The van der Waals surface area contributed by atoms with Gasteiger partial charge in [0.15, 0.2) is 0 Å². The maximum Gasteiger partial charge on any atom is 0.243 e. The molecule has 0 saturated carbocycles. The van der Waals surface area contributed by atoms with Gasteiger partial charge in [0.05, 0.1) is 6.54 Å². The number of hydrogen-bond donors (Lipinski definition) is 3. The summed E-state index contributed by atoms with van der Waals surface area (Å²) in [5, 5.41) is 8.89. The van der Waals surface area contributed by atoms with E-state index in [4.69, 9.17) is 0 Å². The molecular formula is C18H27BrClN3O2. The fourth-order valence-electron chi connectivity index (χ4n) is 3.00. The summed E-state index contributed by atoms with van der Waals surface area (Å²) in [6.07, 6.45) is 2.81. The summed E-state index contributed by atoms with van der Waals surface area (Å²) in [6, 6.07) is 5.61. The van der Waals surface area contributed by atoms with Crippen molar-refractivity contribution < 1.29 is 9.59 Å². The average molecular weight is 433 g/mol. The van der Waals surface area contributed by atoms with Gasteiger partial charge in [-0.1, -0.05) is 22.9 Å². The molecule has 2 amide bonds. The molecule has 5 nitrogen and oxygen atoms in total. The molecule has 2 unspecified atom stereocenters. The Hall–Kier alpha value is -1.11. The van der Waals surface area contributed by atoms with Gasteiger partial charge in [-0.15, -0.1) is 12.4 Å². The van der Waals surface area contributed by atoms with E-state index in [9.17, 15) is 9.59 Å². The Balaban J connectivity index is 0.00000312. The molecule has 1 saturated heterocycles. The first-order chi connectivity index (χ1) is 11.5. The Bertz CT molecular complexity index is 592. The van der Waals surface area contributed by atoms with Crippen LogP contribution in [0.25, 0.3) is 0 Å². The first-order valence-corrected chi connectivity index (χ1v) is 9.28. The average Bonchev–Trinajstić information content (AvgIpc) is 2.57. The molecular weight excluding hydrogens is 406 g/mol. The Morgan fingerprint density at radius 1 is 1.36 bits per heavy atom. The van der Waals surface area contributed by atoms with Crippen LogP contribution in [-0.2, 0) is 9.59 Å². The molecule has 25 heavy (non-hydrogen) atoms. The van der Waals surface area contributed by atoms with Crippen LogP contribution >= 0.6 is 28.3 Å². The van der Waals surface area contributed by atoms with Crippen LogP contribution in [0.5, 0.6) is 0 Å². The number of hydrogen-bond acceptors (Lipinski definition) is 3. The van der Waals surface area contributed by atoms with Crippen LogP contribution in [0.1, 0.15) is 31.7 Å². The van der Waals surface area contributed by atoms with Crippen LogP contribution in [0.4, 0.5) is 5.69 Å². The molecule has 1 fully saturated rings. The summed E-state index contributed by atoms with van der Waals surface area (Å²) in [6.45, 7) is 6.14. The number of amides is 2. The molecule has 0 aromatic heterocycles. The van der Waals surface area contributed by atoms with Crippen molar-refractivity contribution in [1.29, 1.82) is 0 Å². The number of carbonyl (C=O) groups excluding carboxylic acids is 2. The van der Waals surface area contributed by atoms with Crippen LogP contribution in [-0.4, -0.2) is 31.4 Å². The lowest BCUT2D eigenvalue weighted by Gasteiger charge is -2.27. The Kier molecular flexibility index (Phi) is 9.46. The summed E-state index contributed by atoms with van der Waals surface area (Å²) in [4.78, 5) is 24.0. The van der Waals surface area contributed by atoms with Crippen LogP contribution in [0.15, 0.2) is 22.7 Å². The Morgan fingerprint density at radius 2 is 2.12 bits per heavy atom. The van der Waals surface area contributed by atoms with E-state index in [1.54, 1.807) is 0 Å². The maximum absolute atomic E-state index is 12.0. The lowest BCUT2D eigenvalue weighted by atomic mass is 9.85. The summed E-state index contributed by atoms with van der Waals surface area (Å²) >= 11 is 3.43. The quantitative estimate of drug-likeness (QED) is 0.646. The minimum absolute atomic E-state index is 0. The topological polar surface area (TPSA) is 70.2 Å². The highest BCUT2D eigenvalue weighted by atomic mass is 79.9. The molecule has 2 rings (SSSR count). The zero-order valence-electron chi connectivity index (χ0n) is 14.7. The first kappa shape index (κ1) is 21.9. The summed E-state index contributed by atoms with van der Waals surface area (Å²) in [5.74, 6) is 0.603. The van der Waals surface area contributed by atoms with Crippen LogP contribution < -0.4 is 16.0 Å². The monoisotopic (exact) mass is 431 g/mol. The third kappa shape index (κ3) is 7.34. The Morgan fingerprint density at radius 3 is 2.76 bits per heavy atom. The normalized spacial score (nSPS) is 18.0. The third-order valence-corrected chi connectivity index (χ3v) is 5.42. The SMILES string of the molecule is Cc1cc(NC(=O)CNC(=O)CC(C)C2CCCNC2)ccc1Br.Cl. The number of benzene rings is 1. The summed E-state index contributed by atoms with van der Waals surface area (Å²) < 4.78 is 1.000. The number of rotatable bonds is 6. The highest BCUT2D eigenvalue weighted by molar-refractivity contribution is 9.10. The zero-order valence-corrected chi connectivity index (χ0v) is 17.1. The van der Waals surface area contributed by atoms with E-state index in [0.29, 0.717) is 18.3 Å². The molecule has 0 radical (unpaired) electrons. The predicted octanol–water partition coefficient (Wildman–Crippen LogP) is 3.26. The molecule has 0 spiro atoms. The summed E-state index contributed by atoms with van der Waals surface area (Å²) in [7, 11) is 0. The lowest BCUT2D eigenvalue weighted by Crippen LogP contribution is -2.37. The van der Waals surface area contributed by atoms with E-state index in [2.05, 4.69) is 38.8 Å². The summed E-state index contributed by atoms with van der Waals surface area (Å²) in [5.41, 5.74) is 1.78. The van der Waals surface area contributed by atoms with Gasteiger partial charge in [0.25, 0.3) is 0 Å². The molecule has 140 valence electrons. The van der Waals surface area contributed by atoms with Crippen molar-refractivity contribution in [2.75, 3.05) is 25.0 Å². The molecule has 0 bridgehead atoms. The van der Waals surface area contributed by atoms with E-state index in [0.717, 1.165) is 28.8 Å². The molecule has 2 atom stereocenters. The van der Waals surface area contributed by atoms with Crippen molar-refractivity contribution in [2.45, 2.75) is 33.1 Å². The molecule has 7 heteroatoms. The number of nitrogens with one attached hydrogen (secondary N) is 3. The first-order valence-electron chi connectivity index (χ1n) is 8.49. The molecule has 1 aliphatic rings. The number of piperidine rings is 1. The predicted molar refractivity (Wildman–Crippen MR) is 107 cm³/mol. The minimum Gasteiger partial charge on any atom is -0.347 e. The van der Waals surface area contributed by atoms with Crippen molar-refractivity contribution >= 4 is 45.8 Å². The van der Waals surface area contributed by atoms with Gasteiger partial charge in [0.2, 0.25) is 11.8 Å². The second kappa shape index (κ2) is 10.8. The van der Waals surface area contributed by atoms with Crippen molar-refractivity contribution in [1.82, 2.24) is 10.6 Å². The largest absolute Gasteiger partial charge is 0.347 e. The number of anilines is 1. The fraction of sp³-hybridized carbons (Fsp3) is 0.556. The molecule has 1 aliphatic heterocycles. The standard InChI is InChI=1S/C18H26BrN3O2.ClH/c1-12(14-4-3-7-20-10-14)9-17(23)21-11-18(24)22-15-5-6-16(19)13(2)8-15;/h5-6,8,12,14,20H,3-4,7,9-11H2,1-2H3,(H,21,23)(H,22,24);1H. The van der Waals surface area contributed by atoms with Crippen LogP contribution in [0, 0.1) is 18.8 Å². The minimum atomic E-state index is -0.211. The van der Waals surface area contributed by atoms with Gasteiger partial charge in [-0.3, -0.25) is 9.59 Å². The molecule has 1 aromatic carbocycles. The molecule has 0 aliphatic carbocycles. The van der Waals surface area contributed by atoms with Gasteiger partial charge < -0.3 is 16.0 Å². The highest BCUT2D eigenvalue weighted by Gasteiger charge is 2.22. The second-order valence-corrected chi connectivity index (χ2v) is 7.43. The highest BCUT2D eigenvalue weighted by Crippen LogP contribution is 2.22. The number of halogens is 2. The van der Waals surface area contributed by atoms with Gasteiger partial charge in [-0.05, 0) is 68.5 Å². The van der Waals surface area contributed by atoms with Crippen molar-refractivity contribution in [2.24, 2.45) is 11.8 Å². The van der Waals surface area contributed by atoms with Crippen molar-refractivity contribution in [3.8, 4) is 0 Å². The second-order valence-electron chi connectivity index (χ2n) is 6.58. The molecule has 3 N–H and O–H groups in total. The van der Waals surface area contributed by atoms with Crippen molar-refractivity contribution in [3.05, 3.63) is 28.2 Å². The maximum atomic E-state index is 12.0. The Labute approximate surface area is 164 Å². The molecule has 1 heterocycles. The lowest BCUT2D eigenvalue weighted by molar-refractivity contribution is -0.125. The smallest absolute Gasteiger partial charge is 0.243 e. The van der Waals surface area contributed by atoms with Gasteiger partial charge in [-0.25, -0.2) is 0 Å². The number of carbonyl (C=O) groups is 2. The van der Waals surface area contributed by atoms with Gasteiger partial charge in [0, 0.05) is 16.6 Å². The van der Waals surface area contributed by atoms with Crippen LogP contribution in [0.2, 0.25) is 0 Å².